The van der Waals surface area contributed by atoms with Crippen molar-refractivity contribution in [3.8, 4) is 11.3 Å². The van der Waals surface area contributed by atoms with Crippen molar-refractivity contribution in [3.63, 3.8) is 0 Å². The first-order valence-corrected chi connectivity index (χ1v) is 6.97. The second-order valence-electron chi connectivity index (χ2n) is 3.72. The molecule has 2 rings (SSSR count). The molecule has 4 heteroatoms. The highest BCUT2D eigenvalue weighted by molar-refractivity contribution is 7.98. The van der Waals surface area contributed by atoms with Gasteiger partial charge in [-0.2, -0.15) is 0 Å². The Balaban J connectivity index is 2.38. The van der Waals surface area contributed by atoms with Gasteiger partial charge in [-0.15, -0.1) is 11.8 Å². The number of rotatable bonds is 4. The molecule has 3 nitrogen and oxygen atoms in total. The molecule has 1 aromatic carbocycles. The molecule has 0 saturated carbocycles. The van der Waals surface area contributed by atoms with E-state index in [4.69, 9.17) is 4.74 Å². The van der Waals surface area contributed by atoms with Crippen LogP contribution >= 0.6 is 11.8 Å². The third-order valence-corrected chi connectivity index (χ3v) is 3.33. The fraction of sp³-hybridized carbons (Fsp3) is 0.214. The molecule has 18 heavy (non-hydrogen) atoms. The van der Waals surface area contributed by atoms with E-state index in [-0.39, 0.29) is 5.97 Å². The Morgan fingerprint density at radius 1 is 1.39 bits per heavy atom. The van der Waals surface area contributed by atoms with Crippen molar-refractivity contribution in [2.24, 2.45) is 0 Å². The molecule has 2 aromatic rings. The van der Waals surface area contributed by atoms with Gasteiger partial charge in [-0.25, -0.2) is 4.79 Å². The third-order valence-electron chi connectivity index (χ3n) is 2.60. The van der Waals surface area contributed by atoms with E-state index in [9.17, 15) is 4.79 Å². The average molecular weight is 261 g/mol. The van der Waals surface area contributed by atoms with Gasteiger partial charge in [0.25, 0.3) is 0 Å². The van der Waals surface area contributed by atoms with Crippen molar-refractivity contribution in [3.05, 3.63) is 42.1 Å². The molecule has 0 aliphatic rings. The first-order chi connectivity index (χ1) is 8.76. The van der Waals surface area contributed by atoms with Crippen LogP contribution in [0.2, 0.25) is 0 Å². The van der Waals surface area contributed by atoms with Crippen LogP contribution < -0.4 is 0 Å². The number of carbonyl (C=O) groups excluding carboxylic acids is 1. The van der Waals surface area contributed by atoms with E-state index in [1.165, 1.54) is 0 Å². The summed E-state index contributed by atoms with van der Waals surface area (Å²) >= 11 is 1.67. The number of aromatic nitrogens is 1. The quantitative estimate of drug-likeness (QED) is 0.675. The number of carbonyl (C=O) groups is 1. The standard InChI is InChI=1S/C14H15NO2S/c1-3-17-14(16)12-7-8-15-13(12)10-5-4-6-11(9-10)18-2/h4-9,15H,3H2,1-2H3. The SMILES string of the molecule is CCOC(=O)c1cc[nH]c1-c1cccc(SC)c1. The molecule has 0 saturated heterocycles. The van der Waals surface area contributed by atoms with Crippen LogP contribution in [0.4, 0.5) is 0 Å². The van der Waals surface area contributed by atoms with Crippen molar-refractivity contribution >= 4 is 17.7 Å². The fourth-order valence-electron chi connectivity index (χ4n) is 1.77. The second kappa shape index (κ2) is 5.78. The molecule has 0 aliphatic heterocycles. The number of thioether (sulfide) groups is 1. The maximum atomic E-state index is 11.8. The van der Waals surface area contributed by atoms with Crippen LogP contribution in [0.5, 0.6) is 0 Å². The van der Waals surface area contributed by atoms with E-state index < -0.39 is 0 Å². The van der Waals surface area contributed by atoms with E-state index in [0.717, 1.165) is 16.2 Å². The number of hydrogen-bond acceptors (Lipinski definition) is 3. The highest BCUT2D eigenvalue weighted by Crippen LogP contribution is 2.26. The molecule has 0 fully saturated rings. The van der Waals surface area contributed by atoms with Gasteiger partial charge in [0.15, 0.2) is 0 Å². The number of benzene rings is 1. The van der Waals surface area contributed by atoms with Crippen molar-refractivity contribution in [2.75, 3.05) is 12.9 Å². The molecule has 0 unspecified atom stereocenters. The van der Waals surface area contributed by atoms with Crippen molar-refractivity contribution < 1.29 is 9.53 Å². The Kier molecular flexibility index (Phi) is 4.10. The Hall–Kier alpha value is -1.68. The summed E-state index contributed by atoms with van der Waals surface area (Å²) in [4.78, 5) is 16.1. The molecule has 0 spiro atoms. The largest absolute Gasteiger partial charge is 0.462 e. The number of aromatic amines is 1. The van der Waals surface area contributed by atoms with Crippen molar-refractivity contribution in [1.29, 1.82) is 0 Å². The zero-order valence-corrected chi connectivity index (χ0v) is 11.2. The molecular formula is C14H15NO2S. The van der Waals surface area contributed by atoms with E-state index in [2.05, 4.69) is 11.1 Å². The van der Waals surface area contributed by atoms with Crippen LogP contribution in [0, 0.1) is 0 Å². The fourth-order valence-corrected chi connectivity index (χ4v) is 2.23. The summed E-state index contributed by atoms with van der Waals surface area (Å²) in [7, 11) is 0. The topological polar surface area (TPSA) is 42.1 Å². The molecule has 0 atom stereocenters. The number of nitrogens with one attached hydrogen (secondary N) is 1. The average Bonchev–Trinajstić information content (AvgIpc) is 2.88. The van der Waals surface area contributed by atoms with E-state index in [1.807, 2.05) is 24.5 Å². The molecule has 0 radical (unpaired) electrons. The summed E-state index contributed by atoms with van der Waals surface area (Å²) in [5.74, 6) is -0.289. The first kappa shape index (κ1) is 12.8. The Morgan fingerprint density at radius 2 is 2.22 bits per heavy atom. The molecule has 1 N–H and O–H groups in total. The van der Waals surface area contributed by atoms with Gasteiger partial charge in [0.2, 0.25) is 0 Å². The van der Waals surface area contributed by atoms with Crippen LogP contribution in [-0.2, 0) is 4.74 Å². The maximum absolute atomic E-state index is 11.8. The zero-order chi connectivity index (χ0) is 13.0. The van der Waals surface area contributed by atoms with Gasteiger partial charge in [0.05, 0.1) is 17.9 Å². The van der Waals surface area contributed by atoms with Crippen LogP contribution in [0.3, 0.4) is 0 Å². The summed E-state index contributed by atoms with van der Waals surface area (Å²) in [6.45, 7) is 2.19. The predicted octanol–water partition coefficient (Wildman–Crippen LogP) is 3.58. The second-order valence-corrected chi connectivity index (χ2v) is 4.60. The van der Waals surface area contributed by atoms with Gasteiger partial charge in [0.1, 0.15) is 0 Å². The van der Waals surface area contributed by atoms with Crippen LogP contribution in [0.15, 0.2) is 41.4 Å². The predicted molar refractivity (Wildman–Crippen MR) is 74.0 cm³/mol. The van der Waals surface area contributed by atoms with Crippen LogP contribution in [0.1, 0.15) is 17.3 Å². The summed E-state index contributed by atoms with van der Waals surface area (Å²) in [5, 5.41) is 0. The highest BCUT2D eigenvalue weighted by atomic mass is 32.2. The van der Waals surface area contributed by atoms with Gasteiger partial charge in [-0.1, -0.05) is 12.1 Å². The Labute approximate surface area is 111 Å². The van der Waals surface area contributed by atoms with Crippen LogP contribution in [0.25, 0.3) is 11.3 Å². The first-order valence-electron chi connectivity index (χ1n) is 5.75. The van der Waals surface area contributed by atoms with Gasteiger partial charge in [0, 0.05) is 11.1 Å². The molecular weight excluding hydrogens is 246 g/mol. The monoisotopic (exact) mass is 261 g/mol. The van der Waals surface area contributed by atoms with Gasteiger partial charge < -0.3 is 9.72 Å². The summed E-state index contributed by atoms with van der Waals surface area (Å²) < 4.78 is 5.04. The van der Waals surface area contributed by atoms with E-state index in [1.54, 1.807) is 30.9 Å². The highest BCUT2D eigenvalue weighted by Gasteiger charge is 2.14. The van der Waals surface area contributed by atoms with E-state index in [0.29, 0.717) is 12.2 Å². The van der Waals surface area contributed by atoms with Gasteiger partial charge >= 0.3 is 5.97 Å². The number of esters is 1. The van der Waals surface area contributed by atoms with E-state index >= 15 is 0 Å². The molecule has 1 heterocycles. The van der Waals surface area contributed by atoms with Crippen molar-refractivity contribution in [1.82, 2.24) is 4.98 Å². The number of ether oxygens (including phenoxy) is 1. The minimum absolute atomic E-state index is 0.289. The Bertz CT molecular complexity index is 548. The minimum Gasteiger partial charge on any atom is -0.462 e. The lowest BCUT2D eigenvalue weighted by Crippen LogP contribution is -2.04. The number of hydrogen-bond donors (Lipinski definition) is 1. The molecule has 0 amide bonds. The maximum Gasteiger partial charge on any atom is 0.340 e. The lowest BCUT2D eigenvalue weighted by atomic mass is 10.1. The molecule has 1 aromatic heterocycles. The van der Waals surface area contributed by atoms with Crippen LogP contribution in [-0.4, -0.2) is 23.8 Å². The zero-order valence-electron chi connectivity index (χ0n) is 10.4. The third kappa shape index (κ3) is 2.59. The molecule has 0 aliphatic carbocycles. The minimum atomic E-state index is -0.289. The summed E-state index contributed by atoms with van der Waals surface area (Å²) in [5.41, 5.74) is 2.38. The smallest absolute Gasteiger partial charge is 0.340 e. The lowest BCUT2D eigenvalue weighted by molar-refractivity contribution is 0.0527. The summed E-state index contributed by atoms with van der Waals surface area (Å²) in [6, 6.07) is 9.81. The van der Waals surface area contributed by atoms with Crippen molar-refractivity contribution in [2.45, 2.75) is 11.8 Å². The molecule has 0 bridgehead atoms. The van der Waals surface area contributed by atoms with Gasteiger partial charge in [-0.3, -0.25) is 0 Å². The Morgan fingerprint density at radius 3 is 2.94 bits per heavy atom. The normalized spacial score (nSPS) is 10.3. The van der Waals surface area contributed by atoms with Gasteiger partial charge in [-0.05, 0) is 36.9 Å². The summed E-state index contributed by atoms with van der Waals surface area (Å²) in [6.07, 6.45) is 3.79. The number of H-pyrrole nitrogens is 1. The lowest BCUT2D eigenvalue weighted by Gasteiger charge is -2.05. The molecule has 94 valence electrons.